The van der Waals surface area contributed by atoms with Gasteiger partial charge >= 0.3 is 0 Å². The maximum Gasteiger partial charge on any atom is 0.253 e. The standard InChI is InChI=1S/C15H24N2O2/c1-4-15(19,5-2)11-17-14(18)12-9-7-8-10-13(12)16-6-3/h7-10,16,19H,4-6,11H2,1-3H3,(H,17,18). The van der Waals surface area contributed by atoms with Crippen LogP contribution in [0.1, 0.15) is 44.0 Å². The number of anilines is 1. The fourth-order valence-corrected chi connectivity index (χ4v) is 1.87. The molecule has 1 rings (SSSR count). The molecule has 0 aliphatic rings. The molecule has 0 aliphatic heterocycles. The number of hydrogen-bond acceptors (Lipinski definition) is 3. The number of benzene rings is 1. The summed E-state index contributed by atoms with van der Waals surface area (Å²) in [7, 11) is 0. The lowest BCUT2D eigenvalue weighted by molar-refractivity contribution is 0.0314. The summed E-state index contributed by atoms with van der Waals surface area (Å²) in [6, 6.07) is 7.39. The predicted molar refractivity (Wildman–Crippen MR) is 78.5 cm³/mol. The molecule has 1 aromatic rings. The molecule has 0 heterocycles. The number of nitrogens with one attached hydrogen (secondary N) is 2. The van der Waals surface area contributed by atoms with Crippen LogP contribution in [0.5, 0.6) is 0 Å². The number of hydrogen-bond donors (Lipinski definition) is 3. The first-order chi connectivity index (χ1) is 9.06. The highest BCUT2D eigenvalue weighted by atomic mass is 16.3. The van der Waals surface area contributed by atoms with E-state index in [0.717, 1.165) is 12.2 Å². The van der Waals surface area contributed by atoms with Gasteiger partial charge < -0.3 is 15.7 Å². The maximum absolute atomic E-state index is 12.2. The van der Waals surface area contributed by atoms with Gasteiger partial charge in [0.05, 0.1) is 11.2 Å². The monoisotopic (exact) mass is 264 g/mol. The largest absolute Gasteiger partial charge is 0.388 e. The highest BCUT2D eigenvalue weighted by Gasteiger charge is 2.23. The van der Waals surface area contributed by atoms with E-state index in [4.69, 9.17) is 0 Å². The van der Waals surface area contributed by atoms with E-state index in [1.807, 2.05) is 39.0 Å². The molecule has 0 atom stereocenters. The van der Waals surface area contributed by atoms with Gasteiger partial charge in [0, 0.05) is 18.8 Å². The van der Waals surface area contributed by atoms with Gasteiger partial charge in [-0.25, -0.2) is 0 Å². The van der Waals surface area contributed by atoms with E-state index in [-0.39, 0.29) is 12.5 Å². The summed E-state index contributed by atoms with van der Waals surface area (Å²) in [5, 5.41) is 16.1. The zero-order valence-corrected chi connectivity index (χ0v) is 12.0. The molecule has 0 saturated heterocycles. The van der Waals surface area contributed by atoms with Crippen LogP contribution in [0.15, 0.2) is 24.3 Å². The fraction of sp³-hybridized carbons (Fsp3) is 0.533. The molecule has 1 amide bonds. The van der Waals surface area contributed by atoms with E-state index in [1.54, 1.807) is 6.07 Å². The van der Waals surface area contributed by atoms with Crippen LogP contribution in [-0.2, 0) is 0 Å². The molecule has 1 aromatic carbocycles. The molecule has 4 nitrogen and oxygen atoms in total. The van der Waals surface area contributed by atoms with Crippen molar-refractivity contribution in [3.8, 4) is 0 Å². The van der Waals surface area contributed by atoms with Gasteiger partial charge in [-0.1, -0.05) is 26.0 Å². The minimum atomic E-state index is -0.817. The summed E-state index contributed by atoms with van der Waals surface area (Å²) in [5.41, 5.74) is 0.612. The van der Waals surface area contributed by atoms with Crippen molar-refractivity contribution in [1.82, 2.24) is 5.32 Å². The Morgan fingerprint density at radius 3 is 2.42 bits per heavy atom. The summed E-state index contributed by atoms with van der Waals surface area (Å²) < 4.78 is 0. The molecule has 4 heteroatoms. The average molecular weight is 264 g/mol. The third-order valence-corrected chi connectivity index (χ3v) is 3.43. The quantitative estimate of drug-likeness (QED) is 0.708. The van der Waals surface area contributed by atoms with Gasteiger partial charge in [-0.05, 0) is 31.9 Å². The molecule has 0 saturated carbocycles. The minimum Gasteiger partial charge on any atom is -0.388 e. The van der Waals surface area contributed by atoms with Crippen LogP contribution in [0, 0.1) is 0 Å². The average Bonchev–Trinajstić information content (AvgIpc) is 2.45. The number of carbonyl (C=O) groups excluding carboxylic acids is 1. The third-order valence-electron chi connectivity index (χ3n) is 3.43. The van der Waals surface area contributed by atoms with Gasteiger partial charge in [-0.15, -0.1) is 0 Å². The molecular weight excluding hydrogens is 240 g/mol. The van der Waals surface area contributed by atoms with E-state index < -0.39 is 5.60 Å². The zero-order chi connectivity index (χ0) is 14.3. The van der Waals surface area contributed by atoms with E-state index in [1.165, 1.54) is 0 Å². The fourth-order valence-electron chi connectivity index (χ4n) is 1.87. The number of para-hydroxylation sites is 1. The van der Waals surface area contributed by atoms with Gasteiger partial charge in [-0.2, -0.15) is 0 Å². The maximum atomic E-state index is 12.2. The lowest BCUT2D eigenvalue weighted by Crippen LogP contribution is -2.42. The Morgan fingerprint density at radius 1 is 1.21 bits per heavy atom. The molecule has 3 N–H and O–H groups in total. The third kappa shape index (κ3) is 4.24. The SMILES string of the molecule is CCNc1ccccc1C(=O)NCC(O)(CC)CC. The molecule has 0 aliphatic carbocycles. The number of amides is 1. The van der Waals surface area contributed by atoms with Crippen LogP contribution in [0.2, 0.25) is 0 Å². The highest BCUT2D eigenvalue weighted by molar-refractivity contribution is 5.99. The first kappa shape index (κ1) is 15.5. The van der Waals surface area contributed by atoms with Crippen molar-refractivity contribution >= 4 is 11.6 Å². The summed E-state index contributed by atoms with van der Waals surface area (Å²) >= 11 is 0. The zero-order valence-electron chi connectivity index (χ0n) is 12.0. The molecular formula is C15H24N2O2. The van der Waals surface area contributed by atoms with Gasteiger partial charge in [-0.3, -0.25) is 4.79 Å². The molecule has 0 unspecified atom stereocenters. The van der Waals surface area contributed by atoms with Crippen molar-refractivity contribution in [3.63, 3.8) is 0 Å². The molecule has 0 aromatic heterocycles. The van der Waals surface area contributed by atoms with Crippen LogP contribution in [0.3, 0.4) is 0 Å². The number of aliphatic hydroxyl groups is 1. The Balaban J connectivity index is 2.73. The molecule has 0 spiro atoms. The van der Waals surface area contributed by atoms with E-state index >= 15 is 0 Å². The van der Waals surface area contributed by atoms with E-state index in [9.17, 15) is 9.90 Å². The Morgan fingerprint density at radius 2 is 1.84 bits per heavy atom. The Kier molecular flexibility index (Phi) is 5.83. The smallest absolute Gasteiger partial charge is 0.253 e. The van der Waals surface area contributed by atoms with Gasteiger partial charge in [0.1, 0.15) is 0 Å². The summed E-state index contributed by atoms with van der Waals surface area (Å²) in [4.78, 5) is 12.2. The van der Waals surface area contributed by atoms with Crippen molar-refractivity contribution in [1.29, 1.82) is 0 Å². The second-order valence-electron chi connectivity index (χ2n) is 4.69. The summed E-state index contributed by atoms with van der Waals surface area (Å²) in [6.07, 6.45) is 1.25. The van der Waals surface area contributed by atoms with E-state index in [0.29, 0.717) is 18.4 Å². The Labute approximate surface area is 115 Å². The van der Waals surface area contributed by atoms with Gasteiger partial charge in [0.25, 0.3) is 5.91 Å². The second kappa shape index (κ2) is 7.14. The van der Waals surface area contributed by atoms with Crippen molar-refractivity contribution in [2.24, 2.45) is 0 Å². The Bertz CT molecular complexity index is 414. The first-order valence-electron chi connectivity index (χ1n) is 6.89. The van der Waals surface area contributed by atoms with Gasteiger partial charge in [0.2, 0.25) is 0 Å². The first-order valence-corrected chi connectivity index (χ1v) is 6.89. The summed E-state index contributed by atoms with van der Waals surface area (Å²) in [5.74, 6) is -0.156. The predicted octanol–water partition coefficient (Wildman–Crippen LogP) is 2.40. The minimum absolute atomic E-state index is 0.156. The lowest BCUT2D eigenvalue weighted by Gasteiger charge is -2.25. The van der Waals surface area contributed by atoms with Crippen molar-refractivity contribution in [2.75, 3.05) is 18.4 Å². The van der Waals surface area contributed by atoms with Crippen molar-refractivity contribution in [3.05, 3.63) is 29.8 Å². The number of rotatable bonds is 7. The van der Waals surface area contributed by atoms with Crippen LogP contribution in [-0.4, -0.2) is 29.7 Å². The van der Waals surface area contributed by atoms with Crippen LogP contribution in [0.4, 0.5) is 5.69 Å². The molecule has 0 bridgehead atoms. The summed E-state index contributed by atoms with van der Waals surface area (Å²) in [6.45, 7) is 6.86. The topological polar surface area (TPSA) is 61.4 Å². The second-order valence-corrected chi connectivity index (χ2v) is 4.69. The lowest BCUT2D eigenvalue weighted by atomic mass is 9.97. The van der Waals surface area contributed by atoms with Crippen LogP contribution < -0.4 is 10.6 Å². The molecule has 106 valence electrons. The normalized spacial score (nSPS) is 11.2. The number of carbonyl (C=O) groups is 1. The van der Waals surface area contributed by atoms with Crippen LogP contribution in [0.25, 0.3) is 0 Å². The molecule has 19 heavy (non-hydrogen) atoms. The molecule has 0 radical (unpaired) electrons. The van der Waals surface area contributed by atoms with Crippen molar-refractivity contribution < 1.29 is 9.90 Å². The van der Waals surface area contributed by atoms with E-state index in [2.05, 4.69) is 10.6 Å². The van der Waals surface area contributed by atoms with Gasteiger partial charge in [0.15, 0.2) is 0 Å². The van der Waals surface area contributed by atoms with Crippen molar-refractivity contribution in [2.45, 2.75) is 39.2 Å². The molecule has 0 fully saturated rings. The highest BCUT2D eigenvalue weighted by Crippen LogP contribution is 2.16. The Hall–Kier alpha value is -1.55. The van der Waals surface area contributed by atoms with Crippen LogP contribution >= 0.6 is 0 Å².